The van der Waals surface area contributed by atoms with Crippen LogP contribution in [0.1, 0.15) is 0 Å². The minimum atomic E-state index is -2.00. The molecular weight excluding hydrogens is 177 g/mol. The first-order valence-corrected chi connectivity index (χ1v) is 3.18. The molecule has 0 aromatic heterocycles. The van der Waals surface area contributed by atoms with Gasteiger partial charge in [-0.25, -0.2) is 0 Å². The molecule has 32 valence electrons. The van der Waals surface area contributed by atoms with E-state index < -0.39 is 19.1 Å². The van der Waals surface area contributed by atoms with Crippen molar-refractivity contribution < 1.29 is 53.0 Å². The standard InChI is InChI=1S/H2O.3O.Ti.Zn/h1H2;;;;;. The van der Waals surface area contributed by atoms with E-state index in [0.29, 0.717) is 0 Å². The molecule has 2 N–H and O–H groups in total. The Kier molecular flexibility index (Phi) is 116. The van der Waals surface area contributed by atoms with Gasteiger partial charge in [0.2, 0.25) is 0 Å². The summed E-state index contributed by atoms with van der Waals surface area (Å²) in [6.07, 6.45) is 0. The monoisotopic (exact) mass is 178 g/mol. The Morgan fingerprint density at radius 3 is 1.17 bits per heavy atom. The van der Waals surface area contributed by atoms with Gasteiger partial charge in [-0.1, -0.05) is 0 Å². The van der Waals surface area contributed by atoms with Crippen LogP contribution in [0.25, 0.3) is 0 Å². The Bertz CT molecular complexity index is 36.8. The molecule has 0 atom stereocenters. The van der Waals surface area contributed by atoms with E-state index in [4.69, 9.17) is 10.2 Å². The van der Waals surface area contributed by atoms with Gasteiger partial charge in [0.15, 0.2) is 0 Å². The molecule has 0 heterocycles. The van der Waals surface area contributed by atoms with Crippen molar-refractivity contribution in [2.75, 3.05) is 0 Å². The molecule has 0 aromatic carbocycles. The molecule has 0 radical (unpaired) electrons. The maximum atomic E-state index is 8.50. The quantitative estimate of drug-likeness (QED) is 0.438. The van der Waals surface area contributed by atoms with Crippen LogP contribution < -0.4 is 0 Å². The van der Waals surface area contributed by atoms with E-state index in [2.05, 4.69) is 0 Å². The van der Waals surface area contributed by atoms with Crippen LogP contribution in [0.4, 0.5) is 0 Å². The zero-order valence-electron chi connectivity index (χ0n) is 2.93. The summed E-state index contributed by atoms with van der Waals surface area (Å²) in [6, 6.07) is 0. The van der Waals surface area contributed by atoms with Crippen molar-refractivity contribution in [1.82, 2.24) is 0 Å². The SMILES string of the molecule is O.[O]=[Ti]=[O].[O]=[Zn]. The van der Waals surface area contributed by atoms with Gasteiger partial charge in [-0.3, -0.25) is 0 Å². The van der Waals surface area contributed by atoms with E-state index in [-0.39, 0.29) is 23.7 Å². The van der Waals surface area contributed by atoms with Crippen molar-refractivity contribution in [3.05, 3.63) is 0 Å². The Labute approximate surface area is 53.1 Å². The maximum absolute atomic E-state index is 8.50. The molecule has 0 aromatic rings. The Balaban J connectivity index is -0.0000000275. The molecule has 0 saturated heterocycles. The normalized spacial score (nSPS) is 2.33. The van der Waals surface area contributed by atoms with Crippen LogP contribution in [0.15, 0.2) is 0 Å². The third-order valence-electron chi connectivity index (χ3n) is 0. The summed E-state index contributed by atoms with van der Waals surface area (Å²) >= 11 is -1.88. The molecule has 0 amide bonds. The molecule has 0 spiro atoms. The summed E-state index contributed by atoms with van der Waals surface area (Å²) in [5, 5.41) is 0. The fourth-order valence-electron chi connectivity index (χ4n) is 0. The Morgan fingerprint density at radius 2 is 1.17 bits per heavy atom. The van der Waals surface area contributed by atoms with E-state index in [1.54, 1.807) is 0 Å². The summed E-state index contributed by atoms with van der Waals surface area (Å²) in [5.74, 6) is 0. The van der Waals surface area contributed by atoms with E-state index >= 15 is 0 Å². The van der Waals surface area contributed by atoms with Crippen LogP contribution in [0.3, 0.4) is 0 Å². The van der Waals surface area contributed by atoms with Gasteiger partial charge in [0.1, 0.15) is 0 Å². The summed E-state index contributed by atoms with van der Waals surface area (Å²) in [7, 11) is 0. The van der Waals surface area contributed by atoms with E-state index in [0.717, 1.165) is 0 Å². The van der Waals surface area contributed by atoms with Crippen molar-refractivity contribution in [3.8, 4) is 0 Å². The Morgan fingerprint density at radius 1 is 1.17 bits per heavy atom. The van der Waals surface area contributed by atoms with Crippen LogP contribution in [0.5, 0.6) is 0 Å². The number of hydrogen-bond donors (Lipinski definition) is 0. The summed E-state index contributed by atoms with van der Waals surface area (Å²) in [5.41, 5.74) is 0. The average molecular weight is 179 g/mol. The van der Waals surface area contributed by atoms with Crippen LogP contribution in [-0.2, 0) is 47.6 Å². The average Bonchev–Trinajstić information content (AvgIpc) is 1.46. The molecule has 0 aliphatic carbocycles. The number of hydrogen-bond acceptors (Lipinski definition) is 3. The second-order valence-corrected chi connectivity index (χ2v) is 0.344. The van der Waals surface area contributed by atoms with Crippen LogP contribution in [0, 0.1) is 0 Å². The molecule has 6 heteroatoms. The van der Waals surface area contributed by atoms with Gasteiger partial charge in [-0.2, -0.15) is 0 Å². The third-order valence-corrected chi connectivity index (χ3v) is 0. The first-order chi connectivity index (χ1) is 2.41. The molecule has 0 aliphatic rings. The van der Waals surface area contributed by atoms with Gasteiger partial charge in [-0.15, -0.1) is 0 Å². The molecule has 0 unspecified atom stereocenters. The molecule has 0 rings (SSSR count). The van der Waals surface area contributed by atoms with Crippen LogP contribution in [0.2, 0.25) is 0 Å². The number of rotatable bonds is 0. The van der Waals surface area contributed by atoms with Gasteiger partial charge < -0.3 is 5.48 Å². The first kappa shape index (κ1) is 15.9. The second-order valence-electron chi connectivity index (χ2n) is 0.0833. The second kappa shape index (κ2) is 43.6. The van der Waals surface area contributed by atoms with Gasteiger partial charge in [0.25, 0.3) is 0 Å². The van der Waals surface area contributed by atoms with Crippen molar-refractivity contribution in [2.24, 2.45) is 0 Å². The van der Waals surface area contributed by atoms with E-state index in [9.17, 15) is 0 Å². The van der Waals surface area contributed by atoms with Gasteiger partial charge >= 0.3 is 47.6 Å². The molecule has 0 saturated carbocycles. The molecule has 6 heavy (non-hydrogen) atoms. The van der Waals surface area contributed by atoms with E-state index in [1.165, 1.54) is 0 Å². The first-order valence-electron chi connectivity index (χ1n) is 0.697. The van der Waals surface area contributed by atoms with Crippen LogP contribution in [-0.4, -0.2) is 5.48 Å². The molecular formula is H2O4TiZn. The van der Waals surface area contributed by atoms with Crippen LogP contribution >= 0.6 is 0 Å². The van der Waals surface area contributed by atoms with Crippen molar-refractivity contribution in [3.63, 3.8) is 0 Å². The summed E-state index contributed by atoms with van der Waals surface area (Å²) < 4.78 is 25.4. The fourth-order valence-corrected chi connectivity index (χ4v) is 0. The molecule has 4 nitrogen and oxygen atoms in total. The topological polar surface area (TPSA) is 82.7 Å². The summed E-state index contributed by atoms with van der Waals surface area (Å²) in [4.78, 5) is 0. The van der Waals surface area contributed by atoms with Crippen molar-refractivity contribution in [2.45, 2.75) is 0 Å². The van der Waals surface area contributed by atoms with Gasteiger partial charge in [0, 0.05) is 0 Å². The molecule has 0 fully saturated rings. The predicted molar refractivity (Wildman–Crippen MR) is 5.67 cm³/mol. The minimum absolute atomic E-state index is 0. The summed E-state index contributed by atoms with van der Waals surface area (Å²) in [6.45, 7) is 0. The molecule has 0 bridgehead atoms. The van der Waals surface area contributed by atoms with Gasteiger partial charge in [0.05, 0.1) is 0 Å². The third kappa shape index (κ3) is 132. The van der Waals surface area contributed by atoms with Crippen molar-refractivity contribution >= 4 is 0 Å². The predicted octanol–water partition coefficient (Wildman–Crippen LogP) is -1.19. The zero-order chi connectivity index (χ0) is 4.71. The zero-order valence-corrected chi connectivity index (χ0v) is 7.46. The molecule has 0 aliphatic heterocycles. The Hall–Kier alpha value is 0.698. The fraction of sp³-hybridized carbons (Fsp3) is 0. The van der Waals surface area contributed by atoms with Gasteiger partial charge in [-0.05, 0) is 0 Å². The van der Waals surface area contributed by atoms with E-state index in [1.807, 2.05) is 0 Å². The van der Waals surface area contributed by atoms with Crippen molar-refractivity contribution in [1.29, 1.82) is 0 Å².